The molecule has 1 aromatic carbocycles. The third kappa shape index (κ3) is 4.47. The van der Waals surface area contributed by atoms with Gasteiger partial charge < -0.3 is 15.2 Å². The Balaban J connectivity index is 1.29. The molecular formula is C17H22ClN5O. The number of fused-ring (bicyclic) bond motifs is 1. The largest absolute Gasteiger partial charge is 0.338 e. The van der Waals surface area contributed by atoms with Crippen LogP contribution in [0.15, 0.2) is 24.3 Å². The molecule has 2 heterocycles. The number of carbonyl (C=O) groups is 1. The molecular weight excluding hydrogens is 326 g/mol. The van der Waals surface area contributed by atoms with E-state index in [4.69, 9.17) is 11.6 Å². The van der Waals surface area contributed by atoms with E-state index in [1.54, 1.807) is 0 Å². The molecule has 2 aromatic rings. The predicted molar refractivity (Wildman–Crippen MR) is 93.2 cm³/mol. The van der Waals surface area contributed by atoms with Crippen LogP contribution in [0, 0.1) is 0 Å². The van der Waals surface area contributed by atoms with Gasteiger partial charge in [-0.1, -0.05) is 23.7 Å². The Kier molecular flexibility index (Phi) is 5.69. The minimum Gasteiger partial charge on any atom is -0.338 e. The molecule has 0 bridgehead atoms. The van der Waals surface area contributed by atoms with E-state index < -0.39 is 0 Å². The Bertz CT molecular complexity index is 683. The monoisotopic (exact) mass is 347 g/mol. The SMILES string of the molecule is O=C(NCCCc1ccc(Cl)cc1)NCCc1nnc2n1CCC2. The zero-order chi connectivity index (χ0) is 16.8. The number of benzene rings is 1. The van der Waals surface area contributed by atoms with Crippen molar-refractivity contribution in [3.8, 4) is 0 Å². The van der Waals surface area contributed by atoms with Crippen molar-refractivity contribution < 1.29 is 4.79 Å². The number of rotatable bonds is 7. The molecule has 0 saturated carbocycles. The lowest BCUT2D eigenvalue weighted by Crippen LogP contribution is -2.37. The smallest absolute Gasteiger partial charge is 0.314 e. The van der Waals surface area contributed by atoms with E-state index in [2.05, 4.69) is 25.4 Å². The maximum Gasteiger partial charge on any atom is 0.314 e. The van der Waals surface area contributed by atoms with Gasteiger partial charge in [-0.2, -0.15) is 0 Å². The topological polar surface area (TPSA) is 71.8 Å². The summed E-state index contributed by atoms with van der Waals surface area (Å²) < 4.78 is 2.16. The molecule has 0 fully saturated rings. The van der Waals surface area contributed by atoms with Gasteiger partial charge in [-0.15, -0.1) is 10.2 Å². The van der Waals surface area contributed by atoms with Crippen LogP contribution in [0.5, 0.6) is 0 Å². The van der Waals surface area contributed by atoms with Crippen LogP contribution in [0.4, 0.5) is 4.79 Å². The second kappa shape index (κ2) is 8.15. The third-order valence-corrected chi connectivity index (χ3v) is 4.41. The van der Waals surface area contributed by atoms with E-state index >= 15 is 0 Å². The number of aromatic nitrogens is 3. The van der Waals surface area contributed by atoms with Gasteiger partial charge >= 0.3 is 6.03 Å². The average molecular weight is 348 g/mol. The maximum atomic E-state index is 11.8. The van der Waals surface area contributed by atoms with Crippen molar-refractivity contribution in [3.05, 3.63) is 46.5 Å². The fourth-order valence-electron chi connectivity index (χ4n) is 2.89. The number of amides is 2. The highest BCUT2D eigenvalue weighted by Crippen LogP contribution is 2.14. The van der Waals surface area contributed by atoms with Gasteiger partial charge in [0, 0.05) is 37.5 Å². The van der Waals surface area contributed by atoms with Crippen LogP contribution in [0.2, 0.25) is 5.02 Å². The second-order valence-corrected chi connectivity index (χ2v) is 6.39. The van der Waals surface area contributed by atoms with Crippen molar-refractivity contribution in [1.29, 1.82) is 0 Å². The summed E-state index contributed by atoms with van der Waals surface area (Å²) in [6.45, 7) is 2.21. The zero-order valence-electron chi connectivity index (χ0n) is 13.6. The van der Waals surface area contributed by atoms with Gasteiger partial charge in [0.15, 0.2) is 0 Å². The lowest BCUT2D eigenvalue weighted by Gasteiger charge is -2.08. The van der Waals surface area contributed by atoms with Crippen molar-refractivity contribution >= 4 is 17.6 Å². The molecule has 3 rings (SSSR count). The highest BCUT2D eigenvalue weighted by molar-refractivity contribution is 6.30. The van der Waals surface area contributed by atoms with Crippen molar-refractivity contribution in [2.24, 2.45) is 0 Å². The van der Waals surface area contributed by atoms with Gasteiger partial charge in [-0.25, -0.2) is 4.79 Å². The summed E-state index contributed by atoms with van der Waals surface area (Å²) in [4.78, 5) is 11.8. The summed E-state index contributed by atoms with van der Waals surface area (Å²) in [6.07, 6.45) is 4.68. The summed E-state index contributed by atoms with van der Waals surface area (Å²) in [6, 6.07) is 7.67. The van der Waals surface area contributed by atoms with E-state index in [9.17, 15) is 4.79 Å². The molecule has 0 aliphatic carbocycles. The van der Waals surface area contributed by atoms with E-state index in [1.165, 1.54) is 5.56 Å². The predicted octanol–water partition coefficient (Wildman–Crippen LogP) is 2.35. The number of carbonyl (C=O) groups excluding carboxylic acids is 1. The van der Waals surface area contributed by atoms with Gasteiger partial charge in [0.05, 0.1) is 0 Å². The first-order valence-electron chi connectivity index (χ1n) is 8.39. The van der Waals surface area contributed by atoms with E-state index in [0.717, 1.165) is 48.9 Å². The van der Waals surface area contributed by atoms with E-state index in [0.29, 0.717) is 19.5 Å². The summed E-state index contributed by atoms with van der Waals surface area (Å²) in [7, 11) is 0. The molecule has 128 valence electrons. The van der Waals surface area contributed by atoms with Crippen LogP contribution in [0.1, 0.15) is 30.1 Å². The number of halogens is 1. The molecule has 2 amide bonds. The number of nitrogens with one attached hydrogen (secondary N) is 2. The zero-order valence-corrected chi connectivity index (χ0v) is 14.4. The lowest BCUT2D eigenvalue weighted by atomic mass is 10.1. The van der Waals surface area contributed by atoms with E-state index in [-0.39, 0.29) is 6.03 Å². The fraction of sp³-hybridized carbons (Fsp3) is 0.471. The van der Waals surface area contributed by atoms with E-state index in [1.807, 2.05) is 24.3 Å². The molecule has 6 nitrogen and oxygen atoms in total. The summed E-state index contributed by atoms with van der Waals surface area (Å²) in [5, 5.41) is 14.8. The lowest BCUT2D eigenvalue weighted by molar-refractivity contribution is 0.241. The molecule has 0 unspecified atom stereocenters. The number of urea groups is 1. The van der Waals surface area contributed by atoms with Gasteiger partial charge in [0.2, 0.25) is 0 Å². The van der Waals surface area contributed by atoms with Crippen molar-refractivity contribution in [2.45, 2.75) is 38.6 Å². The molecule has 0 spiro atoms. The van der Waals surface area contributed by atoms with Crippen LogP contribution >= 0.6 is 11.6 Å². The third-order valence-electron chi connectivity index (χ3n) is 4.16. The summed E-state index contributed by atoms with van der Waals surface area (Å²) in [5.41, 5.74) is 1.22. The minimum atomic E-state index is -0.132. The standard InChI is InChI=1S/C17H22ClN5O/c18-14-7-5-13(6-8-14)3-1-10-19-17(24)20-11-9-16-22-21-15-4-2-12-23(15)16/h5-8H,1-4,9-12H2,(H2,19,20,24). The summed E-state index contributed by atoms with van der Waals surface area (Å²) in [5.74, 6) is 2.03. The molecule has 1 aliphatic heterocycles. The maximum absolute atomic E-state index is 11.8. The second-order valence-electron chi connectivity index (χ2n) is 5.95. The molecule has 0 radical (unpaired) electrons. The molecule has 0 atom stereocenters. The Morgan fingerprint density at radius 3 is 2.75 bits per heavy atom. The first kappa shape index (κ1) is 16.8. The number of aryl methyl sites for hydroxylation is 2. The van der Waals surface area contributed by atoms with Crippen LogP contribution < -0.4 is 10.6 Å². The Labute approximate surface area is 146 Å². The molecule has 24 heavy (non-hydrogen) atoms. The molecule has 7 heteroatoms. The number of hydrogen-bond acceptors (Lipinski definition) is 3. The Hall–Kier alpha value is -2.08. The number of nitrogens with zero attached hydrogens (tertiary/aromatic N) is 3. The van der Waals surface area contributed by atoms with Gasteiger partial charge in [0.25, 0.3) is 0 Å². The van der Waals surface area contributed by atoms with Gasteiger partial charge in [0.1, 0.15) is 11.6 Å². The minimum absolute atomic E-state index is 0.132. The molecule has 1 aromatic heterocycles. The fourth-order valence-corrected chi connectivity index (χ4v) is 3.02. The Morgan fingerprint density at radius 1 is 1.12 bits per heavy atom. The number of hydrogen-bond donors (Lipinski definition) is 2. The van der Waals surface area contributed by atoms with Crippen molar-refractivity contribution in [2.75, 3.05) is 13.1 Å². The first-order valence-corrected chi connectivity index (χ1v) is 8.77. The average Bonchev–Trinajstić information content (AvgIpc) is 3.18. The normalized spacial score (nSPS) is 12.9. The van der Waals surface area contributed by atoms with Crippen LogP contribution in [-0.2, 0) is 25.8 Å². The quantitative estimate of drug-likeness (QED) is 0.755. The van der Waals surface area contributed by atoms with Crippen LogP contribution in [0.25, 0.3) is 0 Å². The molecule has 0 saturated heterocycles. The van der Waals surface area contributed by atoms with Gasteiger partial charge in [-0.05, 0) is 37.0 Å². The highest BCUT2D eigenvalue weighted by atomic mass is 35.5. The summed E-state index contributed by atoms with van der Waals surface area (Å²) >= 11 is 5.86. The molecule has 2 N–H and O–H groups in total. The Morgan fingerprint density at radius 2 is 1.92 bits per heavy atom. The highest BCUT2D eigenvalue weighted by Gasteiger charge is 2.16. The van der Waals surface area contributed by atoms with Crippen molar-refractivity contribution in [3.63, 3.8) is 0 Å². The first-order chi connectivity index (χ1) is 11.7. The van der Waals surface area contributed by atoms with Crippen molar-refractivity contribution in [1.82, 2.24) is 25.4 Å². The van der Waals surface area contributed by atoms with Gasteiger partial charge in [-0.3, -0.25) is 0 Å². The molecule has 1 aliphatic rings. The van der Waals surface area contributed by atoms with Crippen LogP contribution in [0.3, 0.4) is 0 Å². The van der Waals surface area contributed by atoms with Crippen LogP contribution in [-0.4, -0.2) is 33.9 Å².